The van der Waals surface area contributed by atoms with Crippen molar-refractivity contribution >= 4 is 40.4 Å². The number of unbranched alkanes of at least 4 members (excludes halogenated alkanes) is 2. The summed E-state index contributed by atoms with van der Waals surface area (Å²) in [5, 5.41) is 0. The molecule has 1 heterocycles. The van der Waals surface area contributed by atoms with Gasteiger partial charge in [0.15, 0.2) is 4.11 Å². The molecular formula is C19H29IN2O2S. The molecule has 1 saturated heterocycles. The molecule has 0 saturated carbocycles. The van der Waals surface area contributed by atoms with Gasteiger partial charge in [-0.2, -0.15) is 11.8 Å². The minimum Gasteiger partial charge on any atom is -0.430 e. The smallest absolute Gasteiger partial charge is 0.411 e. The van der Waals surface area contributed by atoms with E-state index in [-0.39, 0.29) is 10.2 Å². The van der Waals surface area contributed by atoms with Gasteiger partial charge in [0.1, 0.15) is 0 Å². The molecule has 0 bridgehead atoms. The van der Waals surface area contributed by atoms with Crippen LogP contribution in [0.4, 0.5) is 4.79 Å². The van der Waals surface area contributed by atoms with Crippen molar-refractivity contribution in [3.63, 3.8) is 0 Å². The number of halogens is 1. The number of amides is 1. The molecule has 0 N–H and O–H groups in total. The van der Waals surface area contributed by atoms with Crippen molar-refractivity contribution in [2.75, 3.05) is 44.2 Å². The van der Waals surface area contributed by atoms with Crippen molar-refractivity contribution in [2.24, 2.45) is 0 Å². The van der Waals surface area contributed by atoms with Crippen LogP contribution in [0.3, 0.4) is 0 Å². The molecule has 1 unspecified atom stereocenters. The first-order valence-electron chi connectivity index (χ1n) is 9.15. The van der Waals surface area contributed by atoms with Gasteiger partial charge in [0.2, 0.25) is 0 Å². The maximum atomic E-state index is 12.3. The van der Waals surface area contributed by atoms with Crippen molar-refractivity contribution in [1.29, 1.82) is 0 Å². The predicted octanol–water partition coefficient (Wildman–Crippen LogP) is 4.80. The van der Waals surface area contributed by atoms with E-state index in [1.165, 1.54) is 30.8 Å². The second kappa shape index (κ2) is 12.0. The van der Waals surface area contributed by atoms with Gasteiger partial charge in [-0.25, -0.2) is 4.79 Å². The third-order valence-corrected chi connectivity index (χ3v) is 6.36. The number of hydrogen-bond acceptors (Lipinski definition) is 4. The van der Waals surface area contributed by atoms with Gasteiger partial charge < -0.3 is 9.64 Å². The zero-order valence-electron chi connectivity index (χ0n) is 15.0. The van der Waals surface area contributed by atoms with Crippen LogP contribution in [0, 0.1) is 0 Å². The first-order valence-corrected chi connectivity index (χ1v) is 11.6. The monoisotopic (exact) mass is 476 g/mol. The van der Waals surface area contributed by atoms with Gasteiger partial charge >= 0.3 is 6.09 Å². The Kier molecular flexibility index (Phi) is 10.0. The van der Waals surface area contributed by atoms with E-state index in [2.05, 4.69) is 46.2 Å². The number of ether oxygens (including phenoxy) is 1. The summed E-state index contributed by atoms with van der Waals surface area (Å²) in [4.78, 5) is 16.6. The van der Waals surface area contributed by atoms with Gasteiger partial charge in [-0.15, -0.1) is 0 Å². The number of rotatable bonds is 9. The van der Waals surface area contributed by atoms with Crippen molar-refractivity contribution in [3.8, 4) is 0 Å². The first-order chi connectivity index (χ1) is 12.2. The molecule has 1 aliphatic heterocycles. The lowest BCUT2D eigenvalue weighted by atomic mass is 10.2. The second-order valence-corrected chi connectivity index (χ2v) is 8.61. The van der Waals surface area contributed by atoms with Crippen LogP contribution in [0.5, 0.6) is 0 Å². The average molecular weight is 476 g/mol. The van der Waals surface area contributed by atoms with E-state index >= 15 is 0 Å². The number of carbonyl (C=O) groups excluding carboxylic acids is 1. The molecule has 0 aromatic heterocycles. The number of thioether (sulfide) groups is 1. The summed E-state index contributed by atoms with van der Waals surface area (Å²) in [6, 6.07) is 9.87. The fourth-order valence-corrected chi connectivity index (χ4v) is 4.37. The van der Waals surface area contributed by atoms with Gasteiger partial charge in [0.25, 0.3) is 0 Å². The highest BCUT2D eigenvalue weighted by atomic mass is 127. The third-order valence-electron chi connectivity index (χ3n) is 4.34. The highest BCUT2D eigenvalue weighted by Crippen LogP contribution is 2.25. The van der Waals surface area contributed by atoms with E-state index in [0.29, 0.717) is 0 Å². The van der Waals surface area contributed by atoms with Crippen LogP contribution in [-0.2, 0) is 4.74 Å². The number of carbonyl (C=O) groups is 1. The predicted molar refractivity (Wildman–Crippen MR) is 115 cm³/mol. The van der Waals surface area contributed by atoms with E-state index < -0.39 is 0 Å². The Labute approximate surface area is 169 Å². The number of piperazine rings is 1. The SMILES string of the molecule is CCCCCSCCN1CCN(C(=O)OC(I)c2ccccc2)CC1. The quantitative estimate of drug-likeness (QED) is 0.291. The van der Waals surface area contributed by atoms with Crippen molar-refractivity contribution in [1.82, 2.24) is 9.80 Å². The number of nitrogens with zero attached hydrogens (tertiary/aromatic N) is 2. The highest BCUT2D eigenvalue weighted by Gasteiger charge is 2.24. The molecule has 0 radical (unpaired) electrons. The van der Waals surface area contributed by atoms with Crippen LogP contribution in [0.1, 0.15) is 35.9 Å². The molecule has 1 amide bonds. The summed E-state index contributed by atoms with van der Waals surface area (Å²) in [6.45, 7) is 6.78. The molecule has 1 aliphatic rings. The van der Waals surface area contributed by atoms with E-state index in [0.717, 1.165) is 38.3 Å². The van der Waals surface area contributed by atoms with E-state index in [4.69, 9.17) is 4.74 Å². The third kappa shape index (κ3) is 7.74. The molecule has 1 atom stereocenters. The zero-order valence-corrected chi connectivity index (χ0v) is 18.0. The van der Waals surface area contributed by atoms with E-state index in [1.807, 2.05) is 35.2 Å². The fraction of sp³-hybridized carbons (Fsp3) is 0.632. The van der Waals surface area contributed by atoms with Gasteiger partial charge in [0.05, 0.1) is 0 Å². The Morgan fingerprint density at radius 1 is 1.16 bits per heavy atom. The van der Waals surface area contributed by atoms with E-state index in [1.54, 1.807) is 0 Å². The summed E-state index contributed by atoms with van der Waals surface area (Å²) in [6.07, 6.45) is 3.77. The molecule has 1 aromatic carbocycles. The average Bonchev–Trinajstić information content (AvgIpc) is 2.65. The van der Waals surface area contributed by atoms with Crippen molar-refractivity contribution < 1.29 is 9.53 Å². The minimum absolute atomic E-state index is 0.197. The lowest BCUT2D eigenvalue weighted by Crippen LogP contribution is -2.49. The van der Waals surface area contributed by atoms with Crippen LogP contribution < -0.4 is 0 Å². The minimum atomic E-state index is -0.233. The molecular weight excluding hydrogens is 447 g/mol. The molecule has 25 heavy (non-hydrogen) atoms. The zero-order chi connectivity index (χ0) is 17.9. The molecule has 4 nitrogen and oxygen atoms in total. The molecule has 1 aromatic rings. The Morgan fingerprint density at radius 3 is 2.56 bits per heavy atom. The lowest BCUT2D eigenvalue weighted by Gasteiger charge is -2.34. The van der Waals surface area contributed by atoms with E-state index in [9.17, 15) is 4.79 Å². The number of alkyl halides is 1. The number of benzene rings is 1. The summed E-state index contributed by atoms with van der Waals surface area (Å²) >= 11 is 4.22. The van der Waals surface area contributed by atoms with Gasteiger partial charge in [-0.05, 0) is 34.8 Å². The van der Waals surface area contributed by atoms with Crippen molar-refractivity contribution in [3.05, 3.63) is 35.9 Å². The lowest BCUT2D eigenvalue weighted by molar-refractivity contribution is 0.0742. The van der Waals surface area contributed by atoms with Gasteiger partial charge in [-0.1, -0.05) is 50.1 Å². The topological polar surface area (TPSA) is 32.8 Å². The summed E-state index contributed by atoms with van der Waals surface area (Å²) in [7, 11) is 0. The van der Waals surface area contributed by atoms with Crippen LogP contribution >= 0.6 is 34.4 Å². The van der Waals surface area contributed by atoms with Gasteiger partial charge in [0, 0.05) is 44.0 Å². The molecule has 0 aliphatic carbocycles. The number of hydrogen-bond donors (Lipinski definition) is 0. The highest BCUT2D eigenvalue weighted by molar-refractivity contribution is 14.1. The Balaban J connectivity index is 1.61. The van der Waals surface area contributed by atoms with Crippen molar-refractivity contribution in [2.45, 2.75) is 30.3 Å². The van der Waals surface area contributed by atoms with Gasteiger partial charge in [-0.3, -0.25) is 4.90 Å². The Hall–Kier alpha value is -0.470. The maximum Gasteiger partial charge on any atom is 0.411 e. The molecule has 0 spiro atoms. The molecule has 1 fully saturated rings. The maximum absolute atomic E-state index is 12.3. The second-order valence-electron chi connectivity index (χ2n) is 6.26. The largest absolute Gasteiger partial charge is 0.430 e. The molecule has 6 heteroatoms. The standard InChI is InChI=1S/C19H29IN2O2S/c1-2-3-7-15-25-16-14-21-10-12-22(13-11-21)19(23)24-18(20)17-8-5-4-6-9-17/h4-6,8-9,18H,2-3,7,10-16H2,1H3. The Morgan fingerprint density at radius 2 is 1.88 bits per heavy atom. The normalized spacial score (nSPS) is 16.6. The summed E-state index contributed by atoms with van der Waals surface area (Å²) in [5.41, 5.74) is 1.02. The molecule has 140 valence electrons. The van der Waals surface area contributed by atoms with Crippen LogP contribution in [0.25, 0.3) is 0 Å². The summed E-state index contributed by atoms with van der Waals surface area (Å²) in [5.74, 6) is 2.47. The van der Waals surface area contributed by atoms with Crippen LogP contribution in [-0.4, -0.2) is 60.1 Å². The molecule has 2 rings (SSSR count). The Bertz CT molecular complexity index is 495. The fourth-order valence-electron chi connectivity index (χ4n) is 2.74. The van der Waals surface area contributed by atoms with Crippen LogP contribution in [0.2, 0.25) is 0 Å². The van der Waals surface area contributed by atoms with Crippen LogP contribution in [0.15, 0.2) is 30.3 Å². The summed E-state index contributed by atoms with van der Waals surface area (Å²) < 4.78 is 5.37. The first kappa shape index (κ1) is 20.8.